The van der Waals surface area contributed by atoms with E-state index in [0.717, 1.165) is 6.42 Å². The number of nitrogens with two attached hydrogens (primary N) is 1. The van der Waals surface area contributed by atoms with Crippen molar-refractivity contribution in [1.29, 1.82) is 0 Å². The van der Waals surface area contributed by atoms with Gasteiger partial charge in [-0.25, -0.2) is 0 Å². The van der Waals surface area contributed by atoms with E-state index in [1.807, 2.05) is 6.92 Å². The van der Waals surface area contributed by atoms with Gasteiger partial charge in [0.25, 0.3) is 0 Å². The van der Waals surface area contributed by atoms with Crippen LogP contribution in [-0.4, -0.2) is 11.8 Å². The summed E-state index contributed by atoms with van der Waals surface area (Å²) in [6.45, 7) is 6.09. The molecule has 1 unspecified atom stereocenters. The van der Waals surface area contributed by atoms with Gasteiger partial charge in [-0.05, 0) is 5.92 Å². The van der Waals surface area contributed by atoms with Crippen LogP contribution < -0.4 is 5.73 Å². The highest BCUT2D eigenvalue weighted by Crippen LogP contribution is 2.26. The normalized spacial score (nSPS) is 22.1. The van der Waals surface area contributed by atoms with E-state index in [-0.39, 0.29) is 6.04 Å². The van der Waals surface area contributed by atoms with Crippen molar-refractivity contribution in [3.8, 4) is 0 Å². The molecule has 0 amide bonds. The minimum absolute atomic E-state index is 0.120. The number of rotatable bonds is 3. The van der Waals surface area contributed by atoms with Crippen molar-refractivity contribution < 1.29 is 9.47 Å². The third-order valence-electron chi connectivity index (χ3n) is 2.15. The Kier molecular flexibility index (Phi) is 2.62. The van der Waals surface area contributed by atoms with Crippen LogP contribution in [-0.2, 0) is 9.47 Å². The van der Waals surface area contributed by atoms with Gasteiger partial charge in [0.05, 0.1) is 0 Å². The molecule has 0 bridgehead atoms. The standard InChI is InChI=1S/C9H17NO2/c1-7(2)8(10)6-9(3)11-4-5-12-9/h4-5,7-8H,6,10H2,1-3H3. The number of hydrogen-bond donors (Lipinski definition) is 1. The molecule has 12 heavy (non-hydrogen) atoms. The second-order valence-electron chi connectivity index (χ2n) is 3.75. The summed E-state index contributed by atoms with van der Waals surface area (Å²) in [6.07, 6.45) is 3.84. The van der Waals surface area contributed by atoms with E-state index in [0.29, 0.717) is 5.92 Å². The maximum Gasteiger partial charge on any atom is 0.248 e. The Balaban J connectivity index is 2.39. The van der Waals surface area contributed by atoms with E-state index in [1.165, 1.54) is 0 Å². The summed E-state index contributed by atoms with van der Waals surface area (Å²) in [5.74, 6) is -0.0847. The Hall–Kier alpha value is -0.700. The molecule has 0 radical (unpaired) electrons. The lowest BCUT2D eigenvalue weighted by Crippen LogP contribution is -2.38. The van der Waals surface area contributed by atoms with E-state index in [1.54, 1.807) is 12.5 Å². The minimum Gasteiger partial charge on any atom is -0.457 e. The summed E-state index contributed by atoms with van der Waals surface area (Å²) in [4.78, 5) is 0. The second-order valence-corrected chi connectivity index (χ2v) is 3.75. The van der Waals surface area contributed by atoms with Crippen molar-refractivity contribution in [2.24, 2.45) is 11.7 Å². The van der Waals surface area contributed by atoms with Gasteiger partial charge in [-0.3, -0.25) is 0 Å². The minimum atomic E-state index is -0.538. The lowest BCUT2D eigenvalue weighted by Gasteiger charge is -2.27. The van der Waals surface area contributed by atoms with Crippen LogP contribution in [0.3, 0.4) is 0 Å². The first-order valence-corrected chi connectivity index (χ1v) is 4.30. The highest BCUT2D eigenvalue weighted by atomic mass is 16.7. The van der Waals surface area contributed by atoms with Crippen LogP contribution in [0.5, 0.6) is 0 Å². The van der Waals surface area contributed by atoms with Crippen LogP contribution in [0, 0.1) is 5.92 Å². The van der Waals surface area contributed by atoms with Gasteiger partial charge in [-0.1, -0.05) is 13.8 Å². The van der Waals surface area contributed by atoms with Crippen molar-refractivity contribution in [2.75, 3.05) is 0 Å². The van der Waals surface area contributed by atoms with E-state index in [9.17, 15) is 0 Å². The molecule has 0 fully saturated rings. The van der Waals surface area contributed by atoms with Crippen LogP contribution >= 0.6 is 0 Å². The molecule has 0 spiro atoms. The van der Waals surface area contributed by atoms with Crippen LogP contribution in [0.15, 0.2) is 12.5 Å². The molecule has 0 saturated carbocycles. The zero-order valence-corrected chi connectivity index (χ0v) is 7.91. The van der Waals surface area contributed by atoms with Gasteiger partial charge in [0.1, 0.15) is 12.5 Å². The van der Waals surface area contributed by atoms with E-state index >= 15 is 0 Å². The molecule has 3 heteroatoms. The second kappa shape index (κ2) is 3.35. The zero-order chi connectivity index (χ0) is 9.19. The molecule has 3 nitrogen and oxygen atoms in total. The lowest BCUT2D eigenvalue weighted by atomic mass is 9.98. The van der Waals surface area contributed by atoms with Crippen molar-refractivity contribution >= 4 is 0 Å². The SMILES string of the molecule is CC(C)C(N)CC1(C)OC=CO1. The number of ether oxygens (including phenoxy) is 2. The average molecular weight is 171 g/mol. The Morgan fingerprint density at radius 2 is 1.83 bits per heavy atom. The molecule has 1 aliphatic heterocycles. The maximum atomic E-state index is 5.89. The molecule has 0 aliphatic carbocycles. The van der Waals surface area contributed by atoms with Gasteiger partial charge < -0.3 is 15.2 Å². The summed E-state index contributed by atoms with van der Waals surface area (Å²) in [5.41, 5.74) is 5.89. The molecule has 0 aromatic carbocycles. The first kappa shape index (κ1) is 9.39. The fourth-order valence-electron chi connectivity index (χ4n) is 1.13. The molecule has 2 N–H and O–H groups in total. The Labute approximate surface area is 73.5 Å². The van der Waals surface area contributed by atoms with E-state index < -0.39 is 5.79 Å². The van der Waals surface area contributed by atoms with Crippen LogP contribution in [0.1, 0.15) is 27.2 Å². The third-order valence-corrected chi connectivity index (χ3v) is 2.15. The first-order chi connectivity index (χ1) is 5.53. The Bertz CT molecular complexity index is 169. The Morgan fingerprint density at radius 3 is 2.25 bits per heavy atom. The molecular formula is C9H17NO2. The van der Waals surface area contributed by atoms with Crippen LogP contribution in [0.2, 0.25) is 0 Å². The van der Waals surface area contributed by atoms with Gasteiger partial charge in [0.2, 0.25) is 5.79 Å². The predicted molar refractivity (Wildman–Crippen MR) is 47.1 cm³/mol. The monoisotopic (exact) mass is 171 g/mol. The smallest absolute Gasteiger partial charge is 0.248 e. The number of hydrogen-bond acceptors (Lipinski definition) is 3. The molecule has 0 saturated heterocycles. The molecule has 1 heterocycles. The van der Waals surface area contributed by atoms with Crippen molar-refractivity contribution in [1.82, 2.24) is 0 Å². The fraction of sp³-hybridized carbons (Fsp3) is 0.778. The van der Waals surface area contributed by atoms with Gasteiger partial charge in [-0.15, -0.1) is 0 Å². The summed E-state index contributed by atoms with van der Waals surface area (Å²) in [5, 5.41) is 0. The van der Waals surface area contributed by atoms with Gasteiger partial charge in [0, 0.05) is 19.4 Å². The molecule has 1 atom stereocenters. The van der Waals surface area contributed by atoms with Crippen molar-refractivity contribution in [2.45, 2.75) is 39.0 Å². The molecule has 1 rings (SSSR count). The summed E-state index contributed by atoms with van der Waals surface area (Å²) < 4.78 is 10.6. The van der Waals surface area contributed by atoms with Gasteiger partial charge in [-0.2, -0.15) is 0 Å². The third kappa shape index (κ3) is 2.14. The van der Waals surface area contributed by atoms with Crippen molar-refractivity contribution in [3.05, 3.63) is 12.5 Å². The fourth-order valence-corrected chi connectivity index (χ4v) is 1.13. The quantitative estimate of drug-likeness (QED) is 0.701. The molecule has 70 valence electrons. The van der Waals surface area contributed by atoms with Crippen molar-refractivity contribution in [3.63, 3.8) is 0 Å². The highest BCUT2D eigenvalue weighted by Gasteiger charge is 2.32. The summed E-state index contributed by atoms with van der Waals surface area (Å²) in [6, 6.07) is 0.120. The molecule has 0 aromatic heterocycles. The molecular weight excluding hydrogens is 154 g/mol. The van der Waals surface area contributed by atoms with Crippen LogP contribution in [0.4, 0.5) is 0 Å². The highest BCUT2D eigenvalue weighted by molar-refractivity contribution is 4.84. The molecule has 0 aromatic rings. The van der Waals surface area contributed by atoms with E-state index in [4.69, 9.17) is 15.2 Å². The van der Waals surface area contributed by atoms with Crippen LogP contribution in [0.25, 0.3) is 0 Å². The van der Waals surface area contributed by atoms with Gasteiger partial charge >= 0.3 is 0 Å². The van der Waals surface area contributed by atoms with E-state index in [2.05, 4.69) is 13.8 Å². The predicted octanol–water partition coefficient (Wildman–Crippen LogP) is 1.59. The lowest BCUT2D eigenvalue weighted by molar-refractivity contribution is -0.135. The molecule has 1 aliphatic rings. The summed E-state index contributed by atoms with van der Waals surface area (Å²) in [7, 11) is 0. The topological polar surface area (TPSA) is 44.5 Å². The summed E-state index contributed by atoms with van der Waals surface area (Å²) >= 11 is 0. The first-order valence-electron chi connectivity index (χ1n) is 4.30. The average Bonchev–Trinajstić information content (AvgIpc) is 2.35. The Morgan fingerprint density at radius 1 is 1.33 bits per heavy atom. The zero-order valence-electron chi connectivity index (χ0n) is 7.91. The largest absolute Gasteiger partial charge is 0.457 e. The van der Waals surface area contributed by atoms with Gasteiger partial charge in [0.15, 0.2) is 0 Å². The maximum absolute atomic E-state index is 5.89.